The third-order valence-electron chi connectivity index (χ3n) is 4.55. The number of nitrogens with zero attached hydrogens (tertiary/aromatic N) is 1. The van der Waals surface area contributed by atoms with Gasteiger partial charge in [-0.05, 0) is 23.8 Å². The lowest BCUT2D eigenvalue weighted by Gasteiger charge is -2.12. The van der Waals surface area contributed by atoms with Gasteiger partial charge in [0, 0.05) is 12.1 Å². The summed E-state index contributed by atoms with van der Waals surface area (Å²) in [5.74, 6) is -2.45. The van der Waals surface area contributed by atoms with Crippen LogP contribution in [0.25, 0.3) is 0 Å². The van der Waals surface area contributed by atoms with Gasteiger partial charge in [0.1, 0.15) is 0 Å². The zero-order valence-electron chi connectivity index (χ0n) is 18.0. The summed E-state index contributed by atoms with van der Waals surface area (Å²) < 4.78 is 32.5. The molecule has 0 aliphatic rings. The summed E-state index contributed by atoms with van der Waals surface area (Å²) in [6.45, 7) is -0.772. The topological polar surface area (TPSA) is 162 Å². The van der Waals surface area contributed by atoms with E-state index < -0.39 is 45.0 Å². The van der Waals surface area contributed by atoms with Gasteiger partial charge in [-0.3, -0.25) is 29.7 Å². The average molecular weight is 497 g/mol. The summed E-state index contributed by atoms with van der Waals surface area (Å²) in [4.78, 5) is 46.3. The molecule has 0 saturated carbocycles. The second-order valence-electron chi connectivity index (χ2n) is 7.12. The number of para-hydroxylation sites is 1. The Morgan fingerprint density at radius 2 is 1.57 bits per heavy atom. The Labute approximate surface area is 199 Å². The van der Waals surface area contributed by atoms with Crippen molar-refractivity contribution in [2.24, 2.45) is 0 Å². The van der Waals surface area contributed by atoms with Crippen LogP contribution in [0.3, 0.4) is 0 Å². The van der Waals surface area contributed by atoms with E-state index in [9.17, 15) is 32.9 Å². The number of imide groups is 1. The number of amides is 2. The number of carbonyl (C=O) groups is 3. The van der Waals surface area contributed by atoms with E-state index >= 15 is 0 Å². The fourth-order valence-electron chi connectivity index (χ4n) is 2.94. The van der Waals surface area contributed by atoms with Crippen molar-refractivity contribution < 1.29 is 32.5 Å². The Morgan fingerprint density at radius 3 is 2.29 bits per heavy atom. The lowest BCUT2D eigenvalue weighted by molar-refractivity contribution is -0.385. The van der Waals surface area contributed by atoms with Gasteiger partial charge in [-0.1, -0.05) is 48.5 Å². The first-order chi connectivity index (χ1) is 16.7. The van der Waals surface area contributed by atoms with E-state index in [1.807, 2.05) is 0 Å². The van der Waals surface area contributed by atoms with Gasteiger partial charge >= 0.3 is 5.97 Å². The fraction of sp³-hybridized carbons (Fsp3) is 0.0870. The molecule has 35 heavy (non-hydrogen) atoms. The Balaban J connectivity index is 1.64. The van der Waals surface area contributed by atoms with Gasteiger partial charge in [0.15, 0.2) is 6.61 Å². The Hall–Kier alpha value is -4.58. The molecule has 0 atom stereocenters. The molecule has 3 rings (SSSR count). The molecule has 0 spiro atoms. The van der Waals surface area contributed by atoms with E-state index in [1.54, 1.807) is 30.3 Å². The molecule has 0 fully saturated rings. The van der Waals surface area contributed by atoms with E-state index in [4.69, 9.17) is 4.74 Å². The van der Waals surface area contributed by atoms with Crippen LogP contribution in [0.15, 0.2) is 83.8 Å². The molecule has 0 heterocycles. The van der Waals surface area contributed by atoms with Gasteiger partial charge in [-0.25, -0.2) is 13.2 Å². The number of nitro benzene ring substituents is 1. The molecular weight excluding hydrogens is 478 g/mol. The lowest BCUT2D eigenvalue weighted by atomic mass is 10.1. The predicted molar refractivity (Wildman–Crippen MR) is 124 cm³/mol. The molecule has 3 aromatic rings. The standard InChI is InChI=1S/C23H19N3O8S/c27-21(13-16-7-2-1-3-8-16)24-22(28)15-34-23(29)19-11-4-5-12-20(19)25-35(32,33)18-10-6-9-17(14-18)26(30)31/h1-12,14,25H,13,15H2,(H,24,27,28). The van der Waals surface area contributed by atoms with Crippen LogP contribution < -0.4 is 10.0 Å². The summed E-state index contributed by atoms with van der Waals surface area (Å²) in [6, 6.07) is 18.6. The monoisotopic (exact) mass is 497 g/mol. The summed E-state index contributed by atoms with van der Waals surface area (Å²) in [7, 11) is -4.29. The number of hydrogen-bond acceptors (Lipinski definition) is 8. The Morgan fingerprint density at radius 1 is 0.886 bits per heavy atom. The molecule has 0 aliphatic carbocycles. The smallest absolute Gasteiger partial charge is 0.340 e. The molecule has 12 heteroatoms. The Kier molecular flexibility index (Phi) is 7.89. The molecule has 2 N–H and O–H groups in total. The number of benzene rings is 3. The molecule has 2 amide bonds. The number of carbonyl (C=O) groups excluding carboxylic acids is 3. The second kappa shape index (κ2) is 11.0. The number of sulfonamides is 1. The van der Waals surface area contributed by atoms with Crippen molar-refractivity contribution in [1.82, 2.24) is 5.32 Å². The third kappa shape index (κ3) is 6.95. The maximum Gasteiger partial charge on any atom is 0.340 e. The predicted octanol–water partition coefficient (Wildman–Crippen LogP) is 2.44. The van der Waals surface area contributed by atoms with Crippen molar-refractivity contribution in [3.05, 3.63) is 100 Å². The molecule has 11 nitrogen and oxygen atoms in total. The highest BCUT2D eigenvalue weighted by Crippen LogP contribution is 2.23. The molecule has 180 valence electrons. The lowest BCUT2D eigenvalue weighted by Crippen LogP contribution is -2.35. The molecule has 0 aromatic heterocycles. The zero-order valence-corrected chi connectivity index (χ0v) is 18.9. The zero-order chi connectivity index (χ0) is 25.4. The largest absolute Gasteiger partial charge is 0.452 e. The molecule has 0 bridgehead atoms. The number of esters is 1. The number of hydrogen-bond donors (Lipinski definition) is 2. The van der Waals surface area contributed by atoms with Crippen LogP contribution in [-0.4, -0.2) is 37.7 Å². The van der Waals surface area contributed by atoms with Crippen molar-refractivity contribution in [2.75, 3.05) is 11.3 Å². The highest BCUT2D eigenvalue weighted by molar-refractivity contribution is 7.92. The summed E-state index contributed by atoms with van der Waals surface area (Å²) >= 11 is 0. The fourth-order valence-corrected chi connectivity index (χ4v) is 4.06. The van der Waals surface area contributed by atoms with Crippen molar-refractivity contribution >= 4 is 39.2 Å². The van der Waals surface area contributed by atoms with E-state index in [0.717, 1.165) is 18.2 Å². The van der Waals surface area contributed by atoms with E-state index in [-0.39, 0.29) is 22.6 Å². The minimum absolute atomic E-state index is 0.0389. The third-order valence-corrected chi connectivity index (χ3v) is 5.91. The van der Waals surface area contributed by atoms with Crippen molar-refractivity contribution in [2.45, 2.75) is 11.3 Å². The quantitative estimate of drug-likeness (QED) is 0.259. The first kappa shape index (κ1) is 25.1. The van der Waals surface area contributed by atoms with Crippen LogP contribution in [0.5, 0.6) is 0 Å². The highest BCUT2D eigenvalue weighted by Gasteiger charge is 2.22. The minimum atomic E-state index is -4.29. The van der Waals surface area contributed by atoms with Gasteiger partial charge in [-0.15, -0.1) is 0 Å². The van der Waals surface area contributed by atoms with Crippen molar-refractivity contribution in [3.8, 4) is 0 Å². The summed E-state index contributed by atoms with van der Waals surface area (Å²) in [5, 5.41) is 13.0. The number of ether oxygens (including phenoxy) is 1. The molecular formula is C23H19N3O8S. The van der Waals surface area contributed by atoms with Gasteiger partial charge in [0.2, 0.25) is 5.91 Å². The first-order valence-electron chi connectivity index (χ1n) is 10.1. The van der Waals surface area contributed by atoms with Gasteiger partial charge in [-0.2, -0.15) is 0 Å². The van der Waals surface area contributed by atoms with Crippen LogP contribution in [0.4, 0.5) is 11.4 Å². The van der Waals surface area contributed by atoms with Crippen molar-refractivity contribution in [1.29, 1.82) is 0 Å². The van der Waals surface area contributed by atoms with E-state index in [1.165, 1.54) is 30.3 Å². The SMILES string of the molecule is O=C(COC(=O)c1ccccc1NS(=O)(=O)c1cccc([N+](=O)[O-])c1)NC(=O)Cc1ccccc1. The Bertz CT molecular complexity index is 1370. The molecule has 0 saturated heterocycles. The number of rotatable bonds is 9. The maximum atomic E-state index is 12.7. The van der Waals surface area contributed by atoms with Gasteiger partial charge in [0.25, 0.3) is 21.6 Å². The highest BCUT2D eigenvalue weighted by atomic mass is 32.2. The average Bonchev–Trinajstić information content (AvgIpc) is 2.83. The van der Waals surface area contributed by atoms with Gasteiger partial charge < -0.3 is 4.74 Å². The van der Waals surface area contributed by atoms with Crippen LogP contribution in [-0.2, 0) is 30.8 Å². The number of non-ortho nitro benzene ring substituents is 1. The summed E-state index contributed by atoms with van der Waals surface area (Å²) in [5.41, 5.74) is -0.0948. The molecule has 0 radical (unpaired) electrons. The van der Waals surface area contributed by atoms with Crippen LogP contribution in [0.1, 0.15) is 15.9 Å². The first-order valence-corrected chi connectivity index (χ1v) is 11.5. The minimum Gasteiger partial charge on any atom is -0.452 e. The molecule has 0 unspecified atom stereocenters. The van der Waals surface area contributed by atoms with E-state index in [2.05, 4.69) is 10.0 Å². The van der Waals surface area contributed by atoms with Crippen LogP contribution in [0, 0.1) is 10.1 Å². The molecule has 3 aromatic carbocycles. The van der Waals surface area contributed by atoms with E-state index in [0.29, 0.717) is 5.56 Å². The van der Waals surface area contributed by atoms with Gasteiger partial charge in [0.05, 0.1) is 27.5 Å². The maximum absolute atomic E-state index is 12.7. The van der Waals surface area contributed by atoms with Crippen molar-refractivity contribution in [3.63, 3.8) is 0 Å². The van der Waals surface area contributed by atoms with Crippen LogP contribution >= 0.6 is 0 Å². The normalized spacial score (nSPS) is 10.7. The number of nitro groups is 1. The number of anilines is 1. The van der Waals surface area contributed by atoms with Crippen LogP contribution in [0.2, 0.25) is 0 Å². The second-order valence-corrected chi connectivity index (χ2v) is 8.80. The molecule has 0 aliphatic heterocycles. The number of nitrogens with one attached hydrogen (secondary N) is 2. The summed E-state index contributed by atoms with van der Waals surface area (Å²) in [6.07, 6.45) is -0.0389.